The third kappa shape index (κ3) is 4.25. The standard InChI is InChI=1S/C26H24FN3O2S/c1-26(2)12-18-21(19(31)13-26)20(16-8-10-17(27)11-9-16)22-23(28-18)29-25(30-24(22)32)33-14-15-6-4-3-5-7-15/h3-11,20H,12-14H2,1-2H3,(H2,28,29,30,32). The van der Waals surface area contributed by atoms with E-state index in [0.29, 0.717) is 46.3 Å². The molecule has 1 aromatic heterocycles. The number of ketones is 1. The van der Waals surface area contributed by atoms with Crippen molar-refractivity contribution in [2.75, 3.05) is 5.32 Å². The lowest BCUT2D eigenvalue weighted by Crippen LogP contribution is -2.37. The maximum atomic E-state index is 13.6. The molecule has 0 saturated heterocycles. The van der Waals surface area contributed by atoms with Crippen LogP contribution in [0.1, 0.15) is 49.3 Å². The van der Waals surface area contributed by atoms with Crippen molar-refractivity contribution >= 4 is 23.4 Å². The summed E-state index contributed by atoms with van der Waals surface area (Å²) in [5.41, 5.74) is 3.14. The van der Waals surface area contributed by atoms with E-state index in [-0.39, 0.29) is 22.6 Å². The van der Waals surface area contributed by atoms with Crippen LogP contribution in [0.15, 0.2) is 75.8 Å². The van der Waals surface area contributed by atoms with E-state index in [4.69, 9.17) is 4.98 Å². The molecule has 2 heterocycles. The van der Waals surface area contributed by atoms with E-state index < -0.39 is 5.92 Å². The number of anilines is 1. The highest BCUT2D eigenvalue weighted by Crippen LogP contribution is 2.47. The summed E-state index contributed by atoms with van der Waals surface area (Å²) in [6, 6.07) is 16.0. The number of halogens is 1. The molecule has 7 heteroatoms. The fourth-order valence-corrected chi connectivity index (χ4v) is 5.49. The molecular weight excluding hydrogens is 437 g/mol. The summed E-state index contributed by atoms with van der Waals surface area (Å²) in [7, 11) is 0. The number of rotatable bonds is 4. The van der Waals surface area contributed by atoms with Gasteiger partial charge in [0.05, 0.1) is 5.56 Å². The van der Waals surface area contributed by atoms with Crippen molar-refractivity contribution in [3.63, 3.8) is 0 Å². The number of benzene rings is 2. The number of carbonyl (C=O) groups is 1. The van der Waals surface area contributed by atoms with Crippen molar-refractivity contribution in [1.29, 1.82) is 0 Å². The first kappa shape index (κ1) is 21.6. The van der Waals surface area contributed by atoms with Gasteiger partial charge in [0.1, 0.15) is 11.6 Å². The smallest absolute Gasteiger partial charge is 0.257 e. The first-order valence-electron chi connectivity index (χ1n) is 10.9. The molecule has 2 N–H and O–H groups in total. The summed E-state index contributed by atoms with van der Waals surface area (Å²) < 4.78 is 13.6. The largest absolute Gasteiger partial charge is 0.343 e. The zero-order chi connectivity index (χ0) is 23.2. The van der Waals surface area contributed by atoms with Crippen LogP contribution < -0.4 is 10.9 Å². The lowest BCUT2D eigenvalue weighted by Gasteiger charge is -2.38. The molecule has 0 bridgehead atoms. The molecule has 3 aromatic rings. The molecule has 1 aliphatic carbocycles. The molecule has 5 rings (SSSR count). The molecule has 0 radical (unpaired) electrons. The summed E-state index contributed by atoms with van der Waals surface area (Å²) in [6.07, 6.45) is 1.07. The van der Waals surface area contributed by atoms with Gasteiger partial charge >= 0.3 is 0 Å². The van der Waals surface area contributed by atoms with Crippen LogP contribution in [0.5, 0.6) is 0 Å². The van der Waals surface area contributed by atoms with Crippen LogP contribution in [-0.4, -0.2) is 15.8 Å². The highest BCUT2D eigenvalue weighted by atomic mass is 32.2. The second kappa shape index (κ2) is 8.30. The maximum Gasteiger partial charge on any atom is 0.257 e. The zero-order valence-electron chi connectivity index (χ0n) is 18.4. The topological polar surface area (TPSA) is 74.8 Å². The average Bonchev–Trinajstić information content (AvgIpc) is 2.77. The van der Waals surface area contributed by atoms with Crippen LogP contribution in [0.25, 0.3) is 0 Å². The van der Waals surface area contributed by atoms with E-state index in [9.17, 15) is 14.0 Å². The van der Waals surface area contributed by atoms with Crippen LogP contribution in [0.2, 0.25) is 0 Å². The lowest BCUT2D eigenvalue weighted by atomic mass is 9.69. The Morgan fingerprint density at radius 3 is 2.52 bits per heavy atom. The molecule has 0 amide bonds. The van der Waals surface area contributed by atoms with Crippen molar-refractivity contribution in [2.45, 2.75) is 43.5 Å². The van der Waals surface area contributed by atoms with Crippen molar-refractivity contribution in [3.8, 4) is 0 Å². The minimum atomic E-state index is -0.579. The van der Waals surface area contributed by atoms with E-state index >= 15 is 0 Å². The fraction of sp³-hybridized carbons (Fsp3) is 0.269. The Balaban J connectivity index is 1.59. The van der Waals surface area contributed by atoms with Gasteiger partial charge in [-0.3, -0.25) is 9.59 Å². The van der Waals surface area contributed by atoms with Crippen molar-refractivity contribution in [1.82, 2.24) is 9.97 Å². The number of allylic oxidation sites excluding steroid dienone is 2. The normalized spacial score (nSPS) is 19.0. The molecule has 33 heavy (non-hydrogen) atoms. The van der Waals surface area contributed by atoms with E-state index in [1.807, 2.05) is 30.3 Å². The van der Waals surface area contributed by atoms with Gasteiger partial charge in [-0.1, -0.05) is 68.1 Å². The number of aromatic nitrogens is 2. The predicted octanol–water partition coefficient (Wildman–Crippen LogP) is 5.40. The Labute approximate surface area is 195 Å². The number of nitrogens with zero attached hydrogens (tertiary/aromatic N) is 1. The van der Waals surface area contributed by atoms with E-state index in [1.165, 1.54) is 23.9 Å². The van der Waals surface area contributed by atoms with Gasteiger partial charge in [0.2, 0.25) is 0 Å². The predicted molar refractivity (Wildman–Crippen MR) is 128 cm³/mol. The number of hydrogen-bond acceptors (Lipinski definition) is 5. The summed E-state index contributed by atoms with van der Waals surface area (Å²) in [6.45, 7) is 4.12. The summed E-state index contributed by atoms with van der Waals surface area (Å²) >= 11 is 1.45. The van der Waals surface area contributed by atoms with E-state index in [1.54, 1.807) is 12.1 Å². The van der Waals surface area contributed by atoms with Crippen LogP contribution in [0.4, 0.5) is 10.2 Å². The molecule has 1 unspecified atom stereocenters. The van der Waals surface area contributed by atoms with Crippen LogP contribution >= 0.6 is 11.8 Å². The molecule has 2 aliphatic rings. The summed E-state index contributed by atoms with van der Waals surface area (Å²) in [5, 5.41) is 3.83. The number of H-pyrrole nitrogens is 1. The molecule has 0 fully saturated rings. The summed E-state index contributed by atoms with van der Waals surface area (Å²) in [4.78, 5) is 34.1. The van der Waals surface area contributed by atoms with Gasteiger partial charge < -0.3 is 10.3 Å². The highest BCUT2D eigenvalue weighted by Gasteiger charge is 2.42. The minimum Gasteiger partial charge on any atom is -0.343 e. The van der Waals surface area contributed by atoms with Crippen molar-refractivity contribution < 1.29 is 9.18 Å². The van der Waals surface area contributed by atoms with Crippen LogP contribution in [0.3, 0.4) is 0 Å². The Hall–Kier alpha value is -3.19. The van der Waals surface area contributed by atoms with Crippen molar-refractivity contribution in [2.24, 2.45) is 5.41 Å². The second-order valence-electron chi connectivity index (χ2n) is 9.35. The van der Waals surface area contributed by atoms with E-state index in [2.05, 4.69) is 24.1 Å². The van der Waals surface area contributed by atoms with Gasteiger partial charge in [-0.2, -0.15) is 0 Å². The first-order valence-corrected chi connectivity index (χ1v) is 11.9. The number of hydrogen-bond donors (Lipinski definition) is 2. The molecule has 1 aliphatic heterocycles. The molecule has 2 aromatic carbocycles. The Morgan fingerprint density at radius 2 is 1.79 bits per heavy atom. The van der Waals surface area contributed by atoms with Crippen LogP contribution in [0, 0.1) is 11.2 Å². The first-order chi connectivity index (χ1) is 15.8. The zero-order valence-corrected chi connectivity index (χ0v) is 19.3. The van der Waals surface area contributed by atoms with Gasteiger partial charge in [0, 0.05) is 29.4 Å². The Bertz CT molecular complexity index is 1310. The summed E-state index contributed by atoms with van der Waals surface area (Å²) in [5.74, 6) is 0.204. The maximum absolute atomic E-state index is 13.6. The van der Waals surface area contributed by atoms with E-state index in [0.717, 1.165) is 11.3 Å². The number of thioether (sulfide) groups is 1. The molecule has 0 spiro atoms. The van der Waals surface area contributed by atoms with Crippen LogP contribution in [-0.2, 0) is 10.5 Å². The highest BCUT2D eigenvalue weighted by molar-refractivity contribution is 7.98. The van der Waals surface area contributed by atoms with Gasteiger partial charge in [0.15, 0.2) is 10.9 Å². The molecule has 168 valence electrons. The number of Topliss-reactive ketones (excluding diaryl/α,β-unsaturated/α-hetero) is 1. The number of fused-ring (bicyclic) bond motifs is 1. The quantitative estimate of drug-likeness (QED) is 0.402. The van der Waals surface area contributed by atoms with Gasteiger partial charge in [-0.15, -0.1) is 0 Å². The van der Waals surface area contributed by atoms with Gasteiger partial charge in [-0.05, 0) is 35.1 Å². The van der Waals surface area contributed by atoms with Gasteiger partial charge in [-0.25, -0.2) is 9.37 Å². The molecule has 5 nitrogen and oxygen atoms in total. The number of carbonyl (C=O) groups excluding carboxylic acids is 1. The van der Waals surface area contributed by atoms with Gasteiger partial charge in [0.25, 0.3) is 5.56 Å². The average molecular weight is 462 g/mol. The lowest BCUT2D eigenvalue weighted by molar-refractivity contribution is -0.118. The van der Waals surface area contributed by atoms with Crippen molar-refractivity contribution in [3.05, 3.63) is 98.7 Å². The molecular formula is C26H24FN3O2S. The molecule has 1 atom stereocenters. The minimum absolute atomic E-state index is 0.00986. The second-order valence-corrected chi connectivity index (χ2v) is 10.3. The Kier molecular flexibility index (Phi) is 5.44. The fourth-order valence-electron chi connectivity index (χ4n) is 4.68. The molecule has 0 saturated carbocycles. The monoisotopic (exact) mass is 461 g/mol. The Morgan fingerprint density at radius 1 is 1.06 bits per heavy atom. The number of aromatic amines is 1. The third-order valence-corrected chi connectivity index (χ3v) is 7.07. The third-order valence-electron chi connectivity index (χ3n) is 6.12. The number of nitrogens with one attached hydrogen (secondary N) is 2. The SMILES string of the molecule is CC1(C)CC(=O)C2=C(C1)Nc1nc(SCc3ccccc3)[nH]c(=O)c1C2c1ccc(F)cc1.